The largest absolute Gasteiger partial charge is 0.465 e. The standard InChI is InChI=1S/C24H21ClN2O3/c1-3-15(2)16-7-10-22-21(13-16)27-24(30-22)17-6-9-19(25)20(14-17)26-23(28)11-8-18-5-4-12-29-18/h4-15H,3H2,1-2H3,(H,26,28)/b11-8+/t15-/m1/s1. The van der Waals surface area contributed by atoms with E-state index in [0.29, 0.717) is 28.3 Å². The van der Waals surface area contributed by atoms with E-state index in [1.165, 1.54) is 11.6 Å². The fourth-order valence-corrected chi connectivity index (χ4v) is 3.25. The monoisotopic (exact) mass is 420 g/mol. The van der Waals surface area contributed by atoms with Crippen LogP contribution in [0, 0.1) is 0 Å². The molecule has 0 fully saturated rings. The molecule has 2 heterocycles. The van der Waals surface area contributed by atoms with Crippen LogP contribution in [0.5, 0.6) is 0 Å². The number of amides is 1. The maximum absolute atomic E-state index is 12.2. The number of benzene rings is 2. The van der Waals surface area contributed by atoms with Crippen LogP contribution in [0.3, 0.4) is 0 Å². The SMILES string of the molecule is CC[C@@H](C)c1ccc2oc(-c3ccc(Cl)c(NC(=O)/C=C/c4ccco4)c3)nc2c1. The van der Waals surface area contributed by atoms with Crippen LogP contribution in [-0.2, 0) is 4.79 Å². The van der Waals surface area contributed by atoms with Crippen molar-refractivity contribution in [1.82, 2.24) is 4.98 Å². The van der Waals surface area contributed by atoms with E-state index in [9.17, 15) is 4.79 Å². The first kappa shape index (κ1) is 20.0. The lowest BCUT2D eigenvalue weighted by Crippen LogP contribution is -2.08. The Morgan fingerprint density at radius 2 is 2.10 bits per heavy atom. The highest BCUT2D eigenvalue weighted by Gasteiger charge is 2.13. The summed E-state index contributed by atoms with van der Waals surface area (Å²) in [6.45, 7) is 4.35. The van der Waals surface area contributed by atoms with Crippen molar-refractivity contribution in [1.29, 1.82) is 0 Å². The molecule has 2 aromatic heterocycles. The molecule has 1 N–H and O–H groups in total. The molecule has 152 valence electrons. The molecule has 0 bridgehead atoms. The van der Waals surface area contributed by atoms with Gasteiger partial charge in [0.1, 0.15) is 11.3 Å². The summed E-state index contributed by atoms with van der Waals surface area (Å²) in [5.41, 5.74) is 3.97. The molecule has 0 aliphatic carbocycles. The highest BCUT2D eigenvalue weighted by atomic mass is 35.5. The number of hydrogen-bond donors (Lipinski definition) is 1. The molecule has 6 heteroatoms. The van der Waals surface area contributed by atoms with Crippen molar-refractivity contribution in [2.45, 2.75) is 26.2 Å². The first-order valence-corrected chi connectivity index (χ1v) is 10.1. The molecule has 2 aromatic carbocycles. The van der Waals surface area contributed by atoms with E-state index in [1.54, 1.807) is 36.6 Å². The summed E-state index contributed by atoms with van der Waals surface area (Å²) in [7, 11) is 0. The van der Waals surface area contributed by atoms with Crippen molar-refractivity contribution in [3.05, 3.63) is 77.2 Å². The van der Waals surface area contributed by atoms with Crippen LogP contribution in [-0.4, -0.2) is 10.9 Å². The maximum Gasteiger partial charge on any atom is 0.248 e. The molecule has 4 aromatic rings. The number of anilines is 1. The van der Waals surface area contributed by atoms with E-state index < -0.39 is 0 Å². The quantitative estimate of drug-likeness (QED) is 0.344. The molecule has 0 aliphatic rings. The van der Waals surface area contributed by atoms with Crippen molar-refractivity contribution >= 4 is 40.4 Å². The number of aromatic nitrogens is 1. The van der Waals surface area contributed by atoms with Gasteiger partial charge in [-0.1, -0.05) is 31.5 Å². The summed E-state index contributed by atoms with van der Waals surface area (Å²) >= 11 is 6.27. The van der Waals surface area contributed by atoms with E-state index in [-0.39, 0.29) is 5.91 Å². The highest BCUT2D eigenvalue weighted by molar-refractivity contribution is 6.34. The Morgan fingerprint density at radius 3 is 2.87 bits per heavy atom. The van der Waals surface area contributed by atoms with Gasteiger partial charge in [-0.25, -0.2) is 4.98 Å². The molecule has 5 nitrogen and oxygen atoms in total. The number of fused-ring (bicyclic) bond motifs is 1. The van der Waals surface area contributed by atoms with Crippen LogP contribution < -0.4 is 5.32 Å². The minimum Gasteiger partial charge on any atom is -0.465 e. The van der Waals surface area contributed by atoms with Crippen molar-refractivity contribution < 1.29 is 13.6 Å². The molecule has 0 aliphatic heterocycles. The van der Waals surface area contributed by atoms with Gasteiger partial charge < -0.3 is 14.2 Å². The van der Waals surface area contributed by atoms with Crippen molar-refractivity contribution in [3.63, 3.8) is 0 Å². The Morgan fingerprint density at radius 1 is 1.23 bits per heavy atom. The van der Waals surface area contributed by atoms with Crippen LogP contribution >= 0.6 is 11.6 Å². The van der Waals surface area contributed by atoms with Crippen LogP contribution in [0.4, 0.5) is 5.69 Å². The molecular weight excluding hydrogens is 400 g/mol. The normalized spacial score (nSPS) is 12.5. The smallest absolute Gasteiger partial charge is 0.248 e. The van der Waals surface area contributed by atoms with Gasteiger partial charge in [0.05, 0.1) is 17.0 Å². The number of rotatable bonds is 6. The van der Waals surface area contributed by atoms with Crippen molar-refractivity contribution in [2.75, 3.05) is 5.32 Å². The van der Waals surface area contributed by atoms with Gasteiger partial charge >= 0.3 is 0 Å². The summed E-state index contributed by atoms with van der Waals surface area (Å²) in [5, 5.41) is 3.20. The molecule has 4 rings (SSSR count). The van der Waals surface area contributed by atoms with E-state index in [1.807, 2.05) is 12.1 Å². The first-order valence-electron chi connectivity index (χ1n) is 9.76. The number of hydrogen-bond acceptors (Lipinski definition) is 4. The fraction of sp³-hybridized carbons (Fsp3) is 0.167. The third-order valence-electron chi connectivity index (χ3n) is 5.01. The molecule has 0 saturated heterocycles. The second kappa shape index (κ2) is 8.59. The van der Waals surface area contributed by atoms with Gasteiger partial charge in [0.25, 0.3) is 0 Å². The minimum absolute atomic E-state index is 0.318. The van der Waals surface area contributed by atoms with Crippen LogP contribution in [0.25, 0.3) is 28.6 Å². The molecule has 0 radical (unpaired) electrons. The summed E-state index contributed by atoms with van der Waals surface area (Å²) in [5.74, 6) is 1.21. The number of furan rings is 1. The molecule has 1 atom stereocenters. The third-order valence-corrected chi connectivity index (χ3v) is 5.34. The minimum atomic E-state index is -0.318. The Balaban J connectivity index is 1.58. The van der Waals surface area contributed by atoms with Crippen LogP contribution in [0.2, 0.25) is 5.02 Å². The van der Waals surface area contributed by atoms with Gasteiger partial charge in [0.15, 0.2) is 5.58 Å². The van der Waals surface area contributed by atoms with E-state index in [0.717, 1.165) is 23.1 Å². The third kappa shape index (κ3) is 4.31. The number of nitrogens with one attached hydrogen (secondary N) is 1. The lowest BCUT2D eigenvalue weighted by molar-refractivity contribution is -0.111. The first-order chi connectivity index (χ1) is 14.5. The molecule has 30 heavy (non-hydrogen) atoms. The Bertz CT molecular complexity index is 1210. The zero-order chi connectivity index (χ0) is 21.1. The summed E-state index contributed by atoms with van der Waals surface area (Å²) in [4.78, 5) is 16.9. The lowest BCUT2D eigenvalue weighted by Gasteiger charge is -2.07. The summed E-state index contributed by atoms with van der Waals surface area (Å²) in [6.07, 6.45) is 5.58. The molecule has 0 unspecified atom stereocenters. The molecule has 0 spiro atoms. The summed E-state index contributed by atoms with van der Waals surface area (Å²) < 4.78 is 11.1. The average Bonchev–Trinajstić information content (AvgIpc) is 3.42. The second-order valence-corrected chi connectivity index (χ2v) is 7.50. The van der Waals surface area contributed by atoms with Gasteiger partial charge in [-0.3, -0.25) is 4.79 Å². The van der Waals surface area contributed by atoms with E-state index >= 15 is 0 Å². The highest BCUT2D eigenvalue weighted by Crippen LogP contribution is 2.31. The number of nitrogens with zero attached hydrogens (tertiary/aromatic N) is 1. The Hall–Kier alpha value is -3.31. The number of oxazole rings is 1. The molecule has 0 saturated carbocycles. The van der Waals surface area contributed by atoms with Crippen molar-refractivity contribution in [2.24, 2.45) is 0 Å². The topological polar surface area (TPSA) is 68.3 Å². The van der Waals surface area contributed by atoms with Gasteiger partial charge in [-0.15, -0.1) is 0 Å². The molecular formula is C24H21ClN2O3. The Kier molecular flexibility index (Phi) is 5.72. The van der Waals surface area contributed by atoms with Gasteiger partial charge in [0.2, 0.25) is 11.8 Å². The van der Waals surface area contributed by atoms with Crippen LogP contribution in [0.1, 0.15) is 37.5 Å². The lowest BCUT2D eigenvalue weighted by atomic mass is 9.98. The van der Waals surface area contributed by atoms with Crippen molar-refractivity contribution in [3.8, 4) is 11.5 Å². The maximum atomic E-state index is 12.2. The summed E-state index contributed by atoms with van der Waals surface area (Å²) in [6, 6.07) is 14.9. The fourth-order valence-electron chi connectivity index (χ4n) is 3.08. The zero-order valence-corrected chi connectivity index (χ0v) is 17.4. The van der Waals surface area contributed by atoms with Gasteiger partial charge in [-0.05, 0) is 66.4 Å². The number of carbonyl (C=O) groups is 1. The van der Waals surface area contributed by atoms with Gasteiger partial charge in [-0.2, -0.15) is 0 Å². The number of carbonyl (C=O) groups excluding carboxylic acids is 1. The van der Waals surface area contributed by atoms with E-state index in [4.69, 9.17) is 20.4 Å². The zero-order valence-electron chi connectivity index (χ0n) is 16.7. The predicted octanol–water partition coefficient (Wildman–Crippen LogP) is 6.91. The van der Waals surface area contributed by atoms with Gasteiger partial charge in [0, 0.05) is 11.6 Å². The van der Waals surface area contributed by atoms with Crippen LogP contribution in [0.15, 0.2) is 69.7 Å². The number of halogens is 1. The average molecular weight is 421 g/mol. The Labute approximate surface area is 179 Å². The molecule has 1 amide bonds. The second-order valence-electron chi connectivity index (χ2n) is 7.09. The predicted molar refractivity (Wildman–Crippen MR) is 120 cm³/mol. The van der Waals surface area contributed by atoms with E-state index in [2.05, 4.69) is 36.3 Å².